The van der Waals surface area contributed by atoms with Gasteiger partial charge in [0, 0.05) is 63.2 Å². The molecular formula is C33H45F3N8O5SSi. The highest BCUT2D eigenvalue weighted by atomic mass is 32.2. The molecule has 0 radical (unpaired) electrons. The van der Waals surface area contributed by atoms with Gasteiger partial charge in [0.1, 0.15) is 31.4 Å². The van der Waals surface area contributed by atoms with E-state index in [4.69, 9.17) is 14.6 Å². The van der Waals surface area contributed by atoms with Crippen LogP contribution in [0.4, 0.5) is 13.2 Å². The molecule has 1 aliphatic heterocycles. The van der Waals surface area contributed by atoms with Gasteiger partial charge in [-0.05, 0) is 44.2 Å². The van der Waals surface area contributed by atoms with E-state index in [1.165, 1.54) is 6.07 Å². The van der Waals surface area contributed by atoms with Gasteiger partial charge in [-0.25, -0.2) is 15.0 Å². The monoisotopic (exact) mass is 750 g/mol. The molecular weight excluding hydrogens is 706 g/mol. The van der Waals surface area contributed by atoms with Gasteiger partial charge in [-0.2, -0.15) is 31.7 Å². The molecule has 0 spiro atoms. The molecule has 0 N–H and O–H groups in total. The molecule has 0 amide bonds. The molecule has 0 atom stereocenters. The molecule has 5 heterocycles. The smallest absolute Gasteiger partial charge is 0.451 e. The van der Waals surface area contributed by atoms with Crippen LogP contribution >= 0.6 is 0 Å². The number of ether oxygens (including phenoxy) is 2. The first-order valence-corrected chi connectivity index (χ1v) is 22.7. The summed E-state index contributed by atoms with van der Waals surface area (Å²) in [6.45, 7) is 11.3. The Balaban J connectivity index is 1.05. The maximum absolute atomic E-state index is 13.5. The van der Waals surface area contributed by atoms with E-state index in [2.05, 4.69) is 66.5 Å². The molecule has 6 rings (SSSR count). The van der Waals surface area contributed by atoms with Crippen molar-refractivity contribution in [3.8, 4) is 17.1 Å². The van der Waals surface area contributed by atoms with Gasteiger partial charge in [-0.1, -0.05) is 26.6 Å². The first kappa shape index (κ1) is 37.3. The average Bonchev–Trinajstić information content (AvgIpc) is 3.70. The first-order chi connectivity index (χ1) is 24.0. The number of alkyl halides is 3. The molecule has 0 unspecified atom stereocenters. The molecule has 1 saturated carbocycles. The number of rotatable bonds is 14. The van der Waals surface area contributed by atoms with Crippen LogP contribution in [0.2, 0.25) is 25.7 Å². The lowest BCUT2D eigenvalue weighted by molar-refractivity contribution is -0.145. The van der Waals surface area contributed by atoms with Gasteiger partial charge < -0.3 is 14.0 Å². The van der Waals surface area contributed by atoms with E-state index < -0.39 is 36.8 Å². The summed E-state index contributed by atoms with van der Waals surface area (Å²) in [4.78, 5) is 18.6. The van der Waals surface area contributed by atoms with Crippen LogP contribution in [-0.4, -0.2) is 93.8 Å². The van der Waals surface area contributed by atoms with Crippen LogP contribution < -0.4 is 4.74 Å². The number of nitrogens with zero attached hydrogens (tertiary/aromatic N) is 8. The van der Waals surface area contributed by atoms with Crippen LogP contribution in [0.1, 0.15) is 50.5 Å². The minimum atomic E-state index is -4.83. The third-order valence-corrected chi connectivity index (χ3v) is 11.9. The Bertz CT molecular complexity index is 1930. The van der Waals surface area contributed by atoms with Crippen LogP contribution in [0.25, 0.3) is 22.3 Å². The SMILES string of the molecule is CCC1(n2cc(-c3ncnc4c3ccn4COCC[Si](C)(C)C)cn2)CN(C2CCC(Oc3cc(COS(C)(=O)=O)nc(C(F)(F)F)n3)CC2)C1. The Morgan fingerprint density at radius 1 is 1.08 bits per heavy atom. The average molecular weight is 751 g/mol. The zero-order valence-electron chi connectivity index (χ0n) is 29.6. The second-order valence-electron chi connectivity index (χ2n) is 14.8. The van der Waals surface area contributed by atoms with Crippen molar-refractivity contribution < 1.29 is 35.2 Å². The lowest BCUT2D eigenvalue weighted by Gasteiger charge is -2.54. The molecule has 1 aliphatic carbocycles. The van der Waals surface area contributed by atoms with E-state index in [1.807, 2.05) is 23.0 Å². The van der Waals surface area contributed by atoms with E-state index in [9.17, 15) is 21.6 Å². The Morgan fingerprint density at radius 3 is 2.49 bits per heavy atom. The highest BCUT2D eigenvalue weighted by Gasteiger charge is 2.47. The van der Waals surface area contributed by atoms with Gasteiger partial charge in [-0.15, -0.1) is 0 Å². The minimum absolute atomic E-state index is 0.159. The van der Waals surface area contributed by atoms with Gasteiger partial charge in [0.05, 0.1) is 29.4 Å². The van der Waals surface area contributed by atoms with Crippen molar-refractivity contribution in [2.45, 2.75) is 102 Å². The van der Waals surface area contributed by atoms with E-state index in [1.54, 1.807) is 6.33 Å². The van der Waals surface area contributed by atoms with Crippen LogP contribution in [0, 0.1) is 0 Å². The third kappa shape index (κ3) is 8.96. The van der Waals surface area contributed by atoms with Crippen molar-refractivity contribution >= 4 is 29.2 Å². The summed E-state index contributed by atoms with van der Waals surface area (Å²) in [6, 6.07) is 4.63. The fraction of sp³-hybridized carbons (Fsp3) is 0.606. The topological polar surface area (TPSA) is 139 Å². The summed E-state index contributed by atoms with van der Waals surface area (Å²) in [7, 11) is -5.05. The van der Waals surface area contributed by atoms with Gasteiger partial charge in [0.2, 0.25) is 11.7 Å². The van der Waals surface area contributed by atoms with E-state index in [0.717, 1.165) is 73.5 Å². The molecule has 13 nitrogen and oxygen atoms in total. The zero-order chi connectivity index (χ0) is 36.6. The van der Waals surface area contributed by atoms with Crippen LogP contribution in [0.5, 0.6) is 5.88 Å². The van der Waals surface area contributed by atoms with Crippen LogP contribution in [-0.2, 0) is 44.1 Å². The number of likely N-dealkylation sites (tertiary alicyclic amines) is 1. The van der Waals surface area contributed by atoms with Crippen molar-refractivity contribution in [2.75, 3.05) is 26.0 Å². The normalized spacial score (nSPS) is 20.1. The third-order valence-electron chi connectivity index (χ3n) is 9.66. The summed E-state index contributed by atoms with van der Waals surface area (Å²) in [5.74, 6) is -1.65. The lowest BCUT2D eigenvalue weighted by atomic mass is 9.82. The van der Waals surface area contributed by atoms with E-state index in [0.29, 0.717) is 25.6 Å². The van der Waals surface area contributed by atoms with Gasteiger partial charge in [-0.3, -0.25) is 13.8 Å². The molecule has 51 heavy (non-hydrogen) atoms. The molecule has 2 fully saturated rings. The van der Waals surface area contributed by atoms with E-state index in [-0.39, 0.29) is 23.2 Å². The van der Waals surface area contributed by atoms with Crippen molar-refractivity contribution in [3.05, 3.63) is 48.6 Å². The van der Waals surface area contributed by atoms with E-state index >= 15 is 0 Å². The number of hydrogen-bond acceptors (Lipinski definition) is 11. The Hall–Kier alpha value is -3.45. The summed E-state index contributed by atoms with van der Waals surface area (Å²) in [5.41, 5.74) is 2.18. The molecule has 0 aromatic carbocycles. The zero-order valence-corrected chi connectivity index (χ0v) is 31.4. The molecule has 1 saturated heterocycles. The standard InChI is InChI=1S/C33H45F3N8O5SSi/c1-6-32(44-17-23(16-39-44)29-27-11-12-42(30(27)38-21-37-29)22-47-13-14-51(3,4)5)19-43(20-32)25-7-9-26(10-8-25)49-28-15-24(18-48-50(2,45)46)40-31(41-28)33(34,35)36/h11-12,15-17,21,25-26H,6-10,13-14,18-20,22H2,1-5H3. The maximum atomic E-state index is 13.5. The number of aromatic nitrogens is 7. The van der Waals surface area contributed by atoms with Gasteiger partial charge in [0.15, 0.2) is 0 Å². The van der Waals surface area contributed by atoms with Crippen molar-refractivity contribution in [1.29, 1.82) is 0 Å². The predicted octanol–water partition coefficient (Wildman–Crippen LogP) is 5.70. The van der Waals surface area contributed by atoms with Gasteiger partial charge in [0.25, 0.3) is 10.1 Å². The molecule has 4 aromatic heterocycles. The quantitative estimate of drug-likeness (QED) is 0.0891. The molecule has 2 aliphatic rings. The molecule has 18 heteroatoms. The minimum Gasteiger partial charge on any atom is -0.474 e. The maximum Gasteiger partial charge on any atom is 0.451 e. The molecule has 278 valence electrons. The second kappa shape index (κ2) is 14.5. The fourth-order valence-electron chi connectivity index (χ4n) is 6.68. The summed E-state index contributed by atoms with van der Waals surface area (Å²) in [6.07, 6.45) is 6.96. The van der Waals surface area contributed by atoms with Gasteiger partial charge >= 0.3 is 6.18 Å². The van der Waals surface area contributed by atoms with Crippen molar-refractivity contribution in [1.82, 2.24) is 39.2 Å². The predicted molar refractivity (Wildman–Crippen MR) is 186 cm³/mol. The number of fused-ring (bicyclic) bond motifs is 1. The highest BCUT2D eigenvalue weighted by Crippen LogP contribution is 2.39. The largest absolute Gasteiger partial charge is 0.474 e. The lowest BCUT2D eigenvalue weighted by Crippen LogP contribution is -2.65. The molecule has 0 bridgehead atoms. The second-order valence-corrected chi connectivity index (χ2v) is 22.0. The summed E-state index contributed by atoms with van der Waals surface area (Å²) in [5, 5.41) is 5.74. The number of halogens is 3. The fourth-order valence-corrected chi connectivity index (χ4v) is 7.77. The van der Waals surface area contributed by atoms with Crippen LogP contribution in [0.15, 0.2) is 37.1 Å². The highest BCUT2D eigenvalue weighted by molar-refractivity contribution is 7.85. The van der Waals surface area contributed by atoms with Crippen LogP contribution in [0.3, 0.4) is 0 Å². The number of hydrogen-bond donors (Lipinski definition) is 0. The Morgan fingerprint density at radius 2 is 1.82 bits per heavy atom. The Labute approximate surface area is 296 Å². The molecule has 4 aromatic rings. The van der Waals surface area contributed by atoms with Crippen molar-refractivity contribution in [3.63, 3.8) is 0 Å². The Kier molecular flexibility index (Phi) is 10.6. The van der Waals surface area contributed by atoms with Crippen molar-refractivity contribution in [2.24, 2.45) is 0 Å². The summed E-state index contributed by atoms with van der Waals surface area (Å²) < 4.78 is 83.7. The first-order valence-electron chi connectivity index (χ1n) is 17.2. The summed E-state index contributed by atoms with van der Waals surface area (Å²) >= 11 is 0.